The summed E-state index contributed by atoms with van der Waals surface area (Å²) < 4.78 is 5.07. The molecule has 1 heterocycles. The number of fused-ring (bicyclic) bond motifs is 1. The second kappa shape index (κ2) is 6.24. The molecular weight excluding hydrogens is 296 g/mol. The lowest BCUT2D eigenvalue weighted by atomic mass is 9.76. The number of allylic oxidation sites excluding steroid dienone is 2. The first-order valence-corrected chi connectivity index (χ1v) is 7.56. The molecule has 0 bridgehead atoms. The molecule has 1 aromatic rings. The van der Waals surface area contributed by atoms with Gasteiger partial charge in [0.15, 0.2) is 0 Å². The number of carbonyl (C=O) groups excluding carboxylic acids is 3. The number of ether oxygens (including phenoxy) is 1. The van der Waals surface area contributed by atoms with E-state index in [0.717, 1.165) is 0 Å². The van der Waals surface area contributed by atoms with E-state index in [2.05, 4.69) is 10.6 Å². The quantitative estimate of drug-likeness (QED) is 0.888. The fraction of sp³-hybridized carbons (Fsp3) is 0.353. The molecule has 2 aliphatic rings. The predicted octanol–water partition coefficient (Wildman–Crippen LogP) is 1.63. The van der Waals surface area contributed by atoms with Gasteiger partial charge in [-0.3, -0.25) is 14.4 Å². The predicted molar refractivity (Wildman–Crippen MR) is 83.7 cm³/mol. The first-order chi connectivity index (χ1) is 11.1. The second-order valence-electron chi connectivity index (χ2n) is 5.72. The summed E-state index contributed by atoms with van der Waals surface area (Å²) in [6, 6.07) is 6.92. The average Bonchev–Trinajstić information content (AvgIpc) is 2.54. The van der Waals surface area contributed by atoms with E-state index in [1.807, 2.05) is 6.08 Å². The van der Waals surface area contributed by atoms with Crippen LogP contribution in [0.3, 0.4) is 0 Å². The maximum absolute atomic E-state index is 12.6. The molecule has 6 nitrogen and oxygen atoms in total. The van der Waals surface area contributed by atoms with Crippen LogP contribution in [-0.2, 0) is 14.4 Å². The molecule has 23 heavy (non-hydrogen) atoms. The zero-order valence-electron chi connectivity index (χ0n) is 12.8. The van der Waals surface area contributed by atoms with E-state index in [4.69, 9.17) is 4.74 Å². The Labute approximate surface area is 133 Å². The van der Waals surface area contributed by atoms with Gasteiger partial charge in [0.2, 0.25) is 11.8 Å². The van der Waals surface area contributed by atoms with Crippen LogP contribution < -0.4 is 15.4 Å². The van der Waals surface area contributed by atoms with Gasteiger partial charge in [0.1, 0.15) is 11.5 Å². The summed E-state index contributed by atoms with van der Waals surface area (Å²) in [4.78, 5) is 36.6. The van der Waals surface area contributed by atoms with Gasteiger partial charge >= 0.3 is 0 Å². The maximum atomic E-state index is 12.6. The molecule has 2 amide bonds. The number of Topliss-reactive ketones (excluding diaryl/α,β-unsaturated/α-hetero) is 1. The van der Waals surface area contributed by atoms with Crippen molar-refractivity contribution < 1.29 is 19.1 Å². The Morgan fingerprint density at radius 1 is 1.26 bits per heavy atom. The number of benzene rings is 1. The van der Waals surface area contributed by atoms with Crippen molar-refractivity contribution in [2.75, 3.05) is 12.4 Å². The molecule has 120 valence electrons. The molecule has 3 rings (SSSR count). The zero-order chi connectivity index (χ0) is 16.4. The van der Waals surface area contributed by atoms with E-state index in [9.17, 15) is 14.4 Å². The van der Waals surface area contributed by atoms with E-state index in [1.54, 1.807) is 31.4 Å². The highest BCUT2D eigenvalue weighted by atomic mass is 16.5. The second-order valence-corrected chi connectivity index (χ2v) is 5.72. The van der Waals surface area contributed by atoms with Crippen molar-refractivity contribution >= 4 is 23.3 Å². The molecule has 0 unspecified atom stereocenters. The van der Waals surface area contributed by atoms with E-state index in [1.165, 1.54) is 0 Å². The third kappa shape index (κ3) is 3.11. The van der Waals surface area contributed by atoms with Crippen LogP contribution in [0.5, 0.6) is 5.75 Å². The number of nitrogens with one attached hydrogen (secondary N) is 2. The largest absolute Gasteiger partial charge is 0.497 e. The molecule has 0 spiro atoms. The summed E-state index contributed by atoms with van der Waals surface area (Å²) in [5, 5.41) is 5.50. The number of hydrogen-bond acceptors (Lipinski definition) is 4. The monoisotopic (exact) mass is 314 g/mol. The highest BCUT2D eigenvalue weighted by Gasteiger charge is 2.42. The number of anilines is 1. The van der Waals surface area contributed by atoms with Crippen LogP contribution in [0.25, 0.3) is 0 Å². The van der Waals surface area contributed by atoms with Gasteiger partial charge in [-0.25, -0.2) is 0 Å². The number of hydrogen-bond donors (Lipinski definition) is 2. The number of amides is 2. The minimum absolute atomic E-state index is 0.0115. The van der Waals surface area contributed by atoms with Crippen molar-refractivity contribution in [1.29, 1.82) is 0 Å². The maximum Gasteiger partial charge on any atom is 0.229 e. The molecule has 0 aromatic heterocycles. The van der Waals surface area contributed by atoms with Crippen LogP contribution in [0.2, 0.25) is 0 Å². The molecule has 1 aliphatic carbocycles. The smallest absolute Gasteiger partial charge is 0.229 e. The Bertz CT molecular complexity index is 678. The highest BCUT2D eigenvalue weighted by Crippen LogP contribution is 2.33. The van der Waals surface area contributed by atoms with Gasteiger partial charge in [-0.1, -0.05) is 6.08 Å². The summed E-state index contributed by atoms with van der Waals surface area (Å²) in [6.07, 6.45) is 2.89. The number of carbonyl (C=O) groups is 3. The molecule has 1 fully saturated rings. The molecule has 2 N–H and O–H groups in total. The Morgan fingerprint density at radius 3 is 2.70 bits per heavy atom. The fourth-order valence-electron chi connectivity index (χ4n) is 3.08. The van der Waals surface area contributed by atoms with E-state index in [0.29, 0.717) is 30.0 Å². The van der Waals surface area contributed by atoms with Crippen molar-refractivity contribution in [3.05, 3.63) is 36.0 Å². The lowest BCUT2D eigenvalue weighted by Crippen LogP contribution is -2.47. The Morgan fingerprint density at radius 2 is 2.00 bits per heavy atom. The topological polar surface area (TPSA) is 84.5 Å². The van der Waals surface area contributed by atoms with Crippen LogP contribution >= 0.6 is 0 Å². The normalized spacial score (nSPS) is 23.4. The van der Waals surface area contributed by atoms with Crippen molar-refractivity contribution in [2.45, 2.75) is 19.3 Å². The Kier molecular flexibility index (Phi) is 4.14. The van der Waals surface area contributed by atoms with Crippen LogP contribution in [0, 0.1) is 11.8 Å². The Balaban J connectivity index is 1.79. The lowest BCUT2D eigenvalue weighted by Gasteiger charge is -2.34. The molecule has 6 heteroatoms. The minimum Gasteiger partial charge on any atom is -0.497 e. The molecule has 0 radical (unpaired) electrons. The number of piperidine rings is 1. The first kappa shape index (κ1) is 15.3. The van der Waals surface area contributed by atoms with Crippen molar-refractivity contribution in [2.24, 2.45) is 11.8 Å². The van der Waals surface area contributed by atoms with Crippen molar-refractivity contribution in [3.63, 3.8) is 0 Å². The van der Waals surface area contributed by atoms with Crippen LogP contribution in [0.4, 0.5) is 5.69 Å². The number of rotatable bonds is 3. The van der Waals surface area contributed by atoms with Gasteiger partial charge in [-0.15, -0.1) is 0 Å². The summed E-state index contributed by atoms with van der Waals surface area (Å²) in [6.45, 7) is 0. The molecule has 1 aliphatic heterocycles. The van der Waals surface area contributed by atoms with Gasteiger partial charge in [-0.2, -0.15) is 0 Å². The standard InChI is InChI=1S/C17H18N2O4/c1-23-11-7-5-10(6-8-11)18-17(22)12-9-15(21)19-13-3-2-4-14(20)16(12)13/h3,5-8,12,16H,2,4,9H2,1H3,(H,18,22)(H,19,21)/t12-,16-/m0/s1. The van der Waals surface area contributed by atoms with Gasteiger partial charge in [0.05, 0.1) is 18.9 Å². The number of ketones is 1. The van der Waals surface area contributed by atoms with Crippen molar-refractivity contribution in [3.8, 4) is 5.75 Å². The summed E-state index contributed by atoms with van der Waals surface area (Å²) >= 11 is 0. The summed E-state index contributed by atoms with van der Waals surface area (Å²) in [7, 11) is 1.57. The summed E-state index contributed by atoms with van der Waals surface area (Å²) in [5.41, 5.74) is 1.18. The van der Waals surface area contributed by atoms with E-state index in [-0.39, 0.29) is 24.0 Å². The van der Waals surface area contributed by atoms with Crippen LogP contribution in [0.15, 0.2) is 36.0 Å². The van der Waals surface area contributed by atoms with Gasteiger partial charge in [-0.05, 0) is 30.7 Å². The lowest BCUT2D eigenvalue weighted by molar-refractivity contribution is -0.135. The third-order valence-electron chi connectivity index (χ3n) is 4.22. The Hall–Kier alpha value is -2.63. The number of methoxy groups -OCH3 is 1. The van der Waals surface area contributed by atoms with Gasteiger partial charge in [0, 0.05) is 24.2 Å². The van der Waals surface area contributed by atoms with Crippen LogP contribution in [0.1, 0.15) is 19.3 Å². The minimum atomic E-state index is -0.662. The molecule has 1 aromatic carbocycles. The van der Waals surface area contributed by atoms with E-state index >= 15 is 0 Å². The fourth-order valence-corrected chi connectivity index (χ4v) is 3.08. The highest BCUT2D eigenvalue weighted by molar-refractivity contribution is 6.02. The zero-order valence-corrected chi connectivity index (χ0v) is 12.8. The molecule has 0 saturated carbocycles. The van der Waals surface area contributed by atoms with Crippen molar-refractivity contribution in [1.82, 2.24) is 5.32 Å². The molecule has 2 atom stereocenters. The SMILES string of the molecule is COc1ccc(NC(=O)[C@H]2CC(=O)NC3=CCCC(=O)[C@H]32)cc1. The molecular formula is C17H18N2O4. The average molecular weight is 314 g/mol. The van der Waals surface area contributed by atoms with E-state index < -0.39 is 11.8 Å². The van der Waals surface area contributed by atoms with Gasteiger partial charge in [0.25, 0.3) is 0 Å². The third-order valence-corrected chi connectivity index (χ3v) is 4.22. The first-order valence-electron chi connectivity index (χ1n) is 7.56. The summed E-state index contributed by atoms with van der Waals surface area (Å²) in [5.74, 6) is -1.04. The molecule has 1 saturated heterocycles. The van der Waals surface area contributed by atoms with Gasteiger partial charge < -0.3 is 15.4 Å². The van der Waals surface area contributed by atoms with Crippen LogP contribution in [-0.4, -0.2) is 24.7 Å².